The van der Waals surface area contributed by atoms with Gasteiger partial charge < -0.3 is 15.0 Å². The maximum absolute atomic E-state index is 12.5. The molecule has 158 valence electrons. The fraction of sp³-hybridized carbons (Fsp3) is 0.381. The molecule has 0 bridgehead atoms. The summed E-state index contributed by atoms with van der Waals surface area (Å²) in [6.07, 6.45) is 1.05. The highest BCUT2D eigenvalue weighted by molar-refractivity contribution is 7.92. The maximum atomic E-state index is 12.5. The van der Waals surface area contributed by atoms with Gasteiger partial charge in [0.1, 0.15) is 5.75 Å². The van der Waals surface area contributed by atoms with Crippen molar-refractivity contribution in [2.24, 2.45) is 0 Å². The number of anilines is 2. The summed E-state index contributed by atoms with van der Waals surface area (Å²) in [5.41, 5.74) is 1.62. The van der Waals surface area contributed by atoms with Crippen LogP contribution in [0.25, 0.3) is 0 Å². The molecule has 0 saturated heterocycles. The van der Waals surface area contributed by atoms with E-state index in [2.05, 4.69) is 10.2 Å². The molecule has 2 aromatic carbocycles. The zero-order chi connectivity index (χ0) is 21.4. The Bertz CT molecular complexity index is 886. The van der Waals surface area contributed by atoms with Crippen molar-refractivity contribution in [3.63, 3.8) is 0 Å². The van der Waals surface area contributed by atoms with Crippen molar-refractivity contribution in [1.29, 1.82) is 0 Å². The summed E-state index contributed by atoms with van der Waals surface area (Å²) in [6, 6.07) is 16.6. The number of sulfonamides is 1. The summed E-state index contributed by atoms with van der Waals surface area (Å²) >= 11 is 0. The number of likely N-dealkylation sites (N-methyl/N-ethyl adjacent to an activating group) is 1. The van der Waals surface area contributed by atoms with Crippen LogP contribution in [0.1, 0.15) is 13.3 Å². The van der Waals surface area contributed by atoms with Gasteiger partial charge in [0.15, 0.2) is 6.10 Å². The minimum atomic E-state index is -3.32. The predicted octanol–water partition coefficient (Wildman–Crippen LogP) is 2.49. The Balaban J connectivity index is 1.88. The van der Waals surface area contributed by atoms with Gasteiger partial charge >= 0.3 is 0 Å². The van der Waals surface area contributed by atoms with Crippen LogP contribution < -0.4 is 19.3 Å². The Morgan fingerprint density at radius 2 is 1.66 bits per heavy atom. The number of benzene rings is 2. The summed E-state index contributed by atoms with van der Waals surface area (Å²) < 4.78 is 30.2. The third kappa shape index (κ3) is 6.67. The minimum Gasteiger partial charge on any atom is -0.481 e. The fourth-order valence-electron chi connectivity index (χ4n) is 2.68. The van der Waals surface area contributed by atoms with E-state index in [1.165, 1.54) is 11.4 Å². The average molecular weight is 420 g/mol. The van der Waals surface area contributed by atoms with Gasteiger partial charge in [-0.25, -0.2) is 8.42 Å². The van der Waals surface area contributed by atoms with E-state index in [4.69, 9.17) is 4.74 Å². The number of ether oxygens (including phenoxy) is 1. The van der Waals surface area contributed by atoms with Crippen LogP contribution >= 0.6 is 0 Å². The lowest BCUT2D eigenvalue weighted by Gasteiger charge is -2.21. The molecule has 0 aromatic heterocycles. The van der Waals surface area contributed by atoms with Crippen molar-refractivity contribution in [2.75, 3.05) is 42.6 Å². The van der Waals surface area contributed by atoms with Gasteiger partial charge in [-0.1, -0.05) is 25.1 Å². The van der Waals surface area contributed by atoms with E-state index in [1.807, 2.05) is 44.3 Å². The Morgan fingerprint density at radius 3 is 2.21 bits per heavy atom. The molecule has 0 aliphatic carbocycles. The third-order valence-electron chi connectivity index (χ3n) is 4.58. The van der Waals surface area contributed by atoms with E-state index in [9.17, 15) is 13.2 Å². The molecule has 1 amide bonds. The summed E-state index contributed by atoms with van der Waals surface area (Å²) in [5.74, 6) is 0.338. The zero-order valence-corrected chi connectivity index (χ0v) is 18.1. The number of carbonyl (C=O) groups is 1. The number of amides is 1. The maximum Gasteiger partial charge on any atom is 0.261 e. The van der Waals surface area contributed by atoms with Crippen LogP contribution in [0.2, 0.25) is 0 Å². The summed E-state index contributed by atoms with van der Waals surface area (Å²) in [6.45, 7) is 3.06. The first-order chi connectivity index (χ1) is 13.7. The molecule has 0 spiro atoms. The average Bonchev–Trinajstić information content (AvgIpc) is 2.71. The number of nitrogens with one attached hydrogen (secondary N) is 1. The Hall–Kier alpha value is -2.74. The van der Waals surface area contributed by atoms with Gasteiger partial charge in [0.05, 0.1) is 11.9 Å². The Morgan fingerprint density at radius 1 is 1.03 bits per heavy atom. The van der Waals surface area contributed by atoms with E-state index < -0.39 is 16.1 Å². The second kappa shape index (κ2) is 10.2. The molecule has 2 rings (SSSR count). The summed E-state index contributed by atoms with van der Waals surface area (Å²) in [5, 5.41) is 2.91. The van der Waals surface area contributed by atoms with Crippen LogP contribution in [0.3, 0.4) is 0 Å². The van der Waals surface area contributed by atoms with Crippen molar-refractivity contribution in [1.82, 2.24) is 5.32 Å². The molecule has 1 atom stereocenters. The van der Waals surface area contributed by atoms with Crippen molar-refractivity contribution in [3.05, 3.63) is 54.6 Å². The van der Waals surface area contributed by atoms with E-state index in [1.54, 1.807) is 24.3 Å². The zero-order valence-electron chi connectivity index (χ0n) is 17.3. The lowest BCUT2D eigenvalue weighted by molar-refractivity contribution is -0.128. The van der Waals surface area contributed by atoms with E-state index >= 15 is 0 Å². The summed E-state index contributed by atoms with van der Waals surface area (Å²) in [7, 11) is 0.140. The number of carbonyl (C=O) groups excluding carboxylic acids is 1. The quantitative estimate of drug-likeness (QED) is 0.640. The number of para-hydroxylation sites is 1. The topological polar surface area (TPSA) is 78.9 Å². The van der Waals surface area contributed by atoms with Gasteiger partial charge in [-0.05, 0) is 42.8 Å². The second-order valence-corrected chi connectivity index (χ2v) is 8.80. The van der Waals surface area contributed by atoms with Gasteiger partial charge in [0, 0.05) is 32.9 Å². The largest absolute Gasteiger partial charge is 0.481 e. The molecule has 0 radical (unpaired) electrons. The first-order valence-corrected chi connectivity index (χ1v) is 11.3. The van der Waals surface area contributed by atoms with Gasteiger partial charge in [-0.15, -0.1) is 0 Å². The molecule has 29 heavy (non-hydrogen) atoms. The highest BCUT2D eigenvalue weighted by Crippen LogP contribution is 2.21. The standard InChI is InChI=1S/C21H29N3O4S/c1-5-20(21(25)22-15-16-23(2)17-9-7-6-8-10-17)28-19-13-11-18(12-14-19)24(3)29(4,26)27/h6-14,20H,5,15-16H2,1-4H3,(H,22,25). The molecule has 0 heterocycles. The first-order valence-electron chi connectivity index (χ1n) is 9.47. The van der Waals surface area contributed by atoms with Crippen LogP contribution in [0.5, 0.6) is 5.75 Å². The highest BCUT2D eigenvalue weighted by Gasteiger charge is 2.18. The Kier molecular flexibility index (Phi) is 7.90. The predicted molar refractivity (Wildman–Crippen MR) is 117 cm³/mol. The van der Waals surface area contributed by atoms with Crippen molar-refractivity contribution in [2.45, 2.75) is 19.4 Å². The fourth-order valence-corrected chi connectivity index (χ4v) is 3.19. The molecule has 7 nitrogen and oxygen atoms in total. The van der Waals surface area contributed by atoms with Gasteiger partial charge in [0.25, 0.3) is 5.91 Å². The van der Waals surface area contributed by atoms with Crippen LogP contribution in [-0.2, 0) is 14.8 Å². The SMILES string of the molecule is CCC(Oc1ccc(N(C)S(C)(=O)=O)cc1)C(=O)NCCN(C)c1ccccc1. The number of hydrogen-bond acceptors (Lipinski definition) is 5. The molecular formula is C21H29N3O4S. The minimum absolute atomic E-state index is 0.175. The Labute approximate surface area is 173 Å². The van der Waals surface area contributed by atoms with Gasteiger partial charge in [0.2, 0.25) is 10.0 Å². The highest BCUT2D eigenvalue weighted by atomic mass is 32.2. The molecular weight excluding hydrogens is 390 g/mol. The molecule has 2 aromatic rings. The van der Waals surface area contributed by atoms with Crippen LogP contribution in [-0.4, -0.2) is 53.9 Å². The van der Waals surface area contributed by atoms with E-state index in [0.717, 1.165) is 11.9 Å². The van der Waals surface area contributed by atoms with Gasteiger partial charge in [-0.3, -0.25) is 9.10 Å². The summed E-state index contributed by atoms with van der Waals surface area (Å²) in [4.78, 5) is 14.5. The smallest absolute Gasteiger partial charge is 0.261 e. The van der Waals surface area contributed by atoms with Crippen molar-refractivity contribution in [3.8, 4) is 5.75 Å². The number of nitrogens with zero attached hydrogens (tertiary/aromatic N) is 2. The molecule has 0 aliphatic rings. The molecule has 1 unspecified atom stereocenters. The lowest BCUT2D eigenvalue weighted by Crippen LogP contribution is -2.41. The van der Waals surface area contributed by atoms with Gasteiger partial charge in [-0.2, -0.15) is 0 Å². The molecule has 1 N–H and O–H groups in total. The monoisotopic (exact) mass is 419 g/mol. The molecule has 8 heteroatoms. The van der Waals surface area contributed by atoms with E-state index in [-0.39, 0.29) is 5.91 Å². The number of hydrogen-bond donors (Lipinski definition) is 1. The number of rotatable bonds is 10. The first kappa shape index (κ1) is 22.5. The van der Waals surface area contributed by atoms with Crippen LogP contribution in [0.4, 0.5) is 11.4 Å². The molecule has 0 saturated carbocycles. The second-order valence-electron chi connectivity index (χ2n) is 6.79. The van der Waals surface area contributed by atoms with Crippen LogP contribution in [0, 0.1) is 0 Å². The van der Waals surface area contributed by atoms with E-state index in [0.29, 0.717) is 30.9 Å². The van der Waals surface area contributed by atoms with Crippen LogP contribution in [0.15, 0.2) is 54.6 Å². The lowest BCUT2D eigenvalue weighted by atomic mass is 10.2. The van der Waals surface area contributed by atoms with Crippen molar-refractivity contribution >= 4 is 27.3 Å². The normalized spacial score (nSPS) is 12.1. The third-order valence-corrected chi connectivity index (χ3v) is 5.79. The van der Waals surface area contributed by atoms with Crippen molar-refractivity contribution < 1.29 is 17.9 Å². The molecule has 0 fully saturated rings. The molecule has 0 aliphatic heterocycles.